The van der Waals surface area contributed by atoms with Crippen molar-refractivity contribution in [2.45, 2.75) is 6.10 Å². The summed E-state index contributed by atoms with van der Waals surface area (Å²) in [6.07, 6.45) is -0.0633. The van der Waals surface area contributed by atoms with Crippen molar-refractivity contribution in [3.63, 3.8) is 0 Å². The van der Waals surface area contributed by atoms with E-state index >= 15 is 0 Å². The van der Waals surface area contributed by atoms with Gasteiger partial charge in [0.2, 0.25) is 0 Å². The van der Waals surface area contributed by atoms with E-state index in [-0.39, 0.29) is 11.9 Å². The lowest BCUT2D eigenvalue weighted by Gasteiger charge is -2.28. The van der Waals surface area contributed by atoms with E-state index < -0.39 is 0 Å². The van der Waals surface area contributed by atoms with Crippen molar-refractivity contribution < 1.29 is 14.6 Å². The van der Waals surface area contributed by atoms with Gasteiger partial charge in [-0.3, -0.25) is 5.41 Å². The molecule has 120 valence electrons. The van der Waals surface area contributed by atoms with Gasteiger partial charge in [0.1, 0.15) is 16.6 Å². The number of benzene rings is 1. The Morgan fingerprint density at radius 1 is 1.35 bits per heavy atom. The molecule has 0 radical (unpaired) electrons. The molecule has 0 saturated carbocycles. The number of hydrogen-bond donors (Lipinski definition) is 2. The third-order valence-electron chi connectivity index (χ3n) is 4.00. The van der Waals surface area contributed by atoms with Crippen molar-refractivity contribution in [3.05, 3.63) is 35.0 Å². The SMILES string of the molecule is N=C1C(c2nc3ccccc3s2)=C(O)CN1CC1COCCO1. The standard InChI is InChI=1S/C16H17N3O3S/c17-15-14(16-18-11-3-1-2-4-13(11)23-16)12(20)8-19(15)7-10-9-21-5-6-22-10/h1-4,10,17,20H,5-9H2. The lowest BCUT2D eigenvalue weighted by molar-refractivity contribution is -0.0924. The highest BCUT2D eigenvalue weighted by Gasteiger charge is 2.32. The molecule has 6 nitrogen and oxygen atoms in total. The van der Waals surface area contributed by atoms with E-state index in [4.69, 9.17) is 14.9 Å². The van der Waals surface area contributed by atoms with Gasteiger partial charge in [0.05, 0.1) is 48.3 Å². The molecule has 4 rings (SSSR count). The number of thiazole rings is 1. The maximum atomic E-state index is 10.3. The number of fused-ring (bicyclic) bond motifs is 1. The fourth-order valence-corrected chi connectivity index (χ4v) is 3.91. The van der Waals surface area contributed by atoms with Crippen LogP contribution < -0.4 is 0 Å². The highest BCUT2D eigenvalue weighted by Crippen LogP contribution is 2.33. The average Bonchev–Trinajstić information content (AvgIpc) is 3.09. The normalized spacial score (nSPS) is 22.3. The molecule has 1 atom stereocenters. The van der Waals surface area contributed by atoms with Crippen LogP contribution in [0.25, 0.3) is 15.8 Å². The molecule has 2 aliphatic rings. The van der Waals surface area contributed by atoms with Crippen LogP contribution in [0.3, 0.4) is 0 Å². The van der Waals surface area contributed by atoms with Gasteiger partial charge in [-0.25, -0.2) is 4.98 Å². The molecule has 0 spiro atoms. The zero-order valence-corrected chi connectivity index (χ0v) is 13.3. The van der Waals surface area contributed by atoms with Crippen molar-refractivity contribution >= 4 is 33.0 Å². The summed E-state index contributed by atoms with van der Waals surface area (Å²) in [4.78, 5) is 6.37. The fraction of sp³-hybridized carbons (Fsp3) is 0.375. The highest BCUT2D eigenvalue weighted by molar-refractivity contribution is 7.19. The predicted molar refractivity (Wildman–Crippen MR) is 89.0 cm³/mol. The molecular weight excluding hydrogens is 314 g/mol. The summed E-state index contributed by atoms with van der Waals surface area (Å²) in [6.45, 7) is 2.59. The van der Waals surface area contributed by atoms with Crippen LogP contribution in [0.1, 0.15) is 5.01 Å². The number of aliphatic hydroxyl groups is 1. The van der Waals surface area contributed by atoms with Gasteiger partial charge in [-0.15, -0.1) is 11.3 Å². The smallest absolute Gasteiger partial charge is 0.135 e. The van der Waals surface area contributed by atoms with Crippen LogP contribution in [0.5, 0.6) is 0 Å². The number of amidine groups is 1. The molecule has 2 aromatic rings. The van der Waals surface area contributed by atoms with Gasteiger partial charge in [0, 0.05) is 6.54 Å². The number of nitrogens with one attached hydrogen (secondary N) is 1. The first-order valence-corrected chi connectivity index (χ1v) is 8.35. The minimum atomic E-state index is -0.0633. The topological polar surface area (TPSA) is 78.7 Å². The van der Waals surface area contributed by atoms with Crippen LogP contribution in [0, 0.1) is 5.41 Å². The van der Waals surface area contributed by atoms with Crippen LogP contribution in [-0.2, 0) is 9.47 Å². The van der Waals surface area contributed by atoms with Gasteiger partial charge in [-0.2, -0.15) is 0 Å². The molecule has 0 aliphatic carbocycles. The molecule has 3 heterocycles. The molecule has 1 fully saturated rings. The molecule has 0 bridgehead atoms. The van der Waals surface area contributed by atoms with Gasteiger partial charge >= 0.3 is 0 Å². The Hall–Kier alpha value is -1.96. The van der Waals surface area contributed by atoms with Crippen molar-refractivity contribution in [2.75, 3.05) is 32.9 Å². The van der Waals surface area contributed by atoms with E-state index in [9.17, 15) is 5.11 Å². The quantitative estimate of drug-likeness (QED) is 0.902. The summed E-state index contributed by atoms with van der Waals surface area (Å²) in [5.41, 5.74) is 1.42. The van der Waals surface area contributed by atoms with E-state index in [1.54, 1.807) is 0 Å². The van der Waals surface area contributed by atoms with Crippen LogP contribution >= 0.6 is 11.3 Å². The Kier molecular flexibility index (Phi) is 3.76. The molecule has 1 saturated heterocycles. The minimum Gasteiger partial charge on any atom is -0.510 e. The van der Waals surface area contributed by atoms with E-state index in [1.165, 1.54) is 11.3 Å². The van der Waals surface area contributed by atoms with E-state index in [1.807, 2.05) is 29.2 Å². The van der Waals surface area contributed by atoms with E-state index in [2.05, 4.69) is 4.98 Å². The largest absolute Gasteiger partial charge is 0.510 e. The minimum absolute atomic E-state index is 0.0633. The molecule has 0 amide bonds. The number of ether oxygens (including phenoxy) is 2. The van der Waals surface area contributed by atoms with E-state index in [0.717, 1.165) is 10.2 Å². The molecule has 1 unspecified atom stereocenters. The highest BCUT2D eigenvalue weighted by atomic mass is 32.1. The van der Waals surface area contributed by atoms with Crippen LogP contribution in [0.2, 0.25) is 0 Å². The summed E-state index contributed by atoms with van der Waals surface area (Å²) < 4.78 is 12.1. The first-order valence-electron chi connectivity index (χ1n) is 7.53. The van der Waals surface area contributed by atoms with Gasteiger partial charge in [-0.1, -0.05) is 12.1 Å². The summed E-state index contributed by atoms with van der Waals surface area (Å²) >= 11 is 1.50. The van der Waals surface area contributed by atoms with Crippen molar-refractivity contribution in [3.8, 4) is 0 Å². The number of nitrogens with zero attached hydrogens (tertiary/aromatic N) is 2. The Labute approximate surface area is 137 Å². The molecule has 1 aromatic heterocycles. The Morgan fingerprint density at radius 2 is 2.22 bits per heavy atom. The molecule has 7 heteroatoms. The zero-order valence-electron chi connectivity index (χ0n) is 12.5. The number of aliphatic hydroxyl groups excluding tert-OH is 1. The molecule has 2 aliphatic heterocycles. The number of hydrogen-bond acceptors (Lipinski definition) is 6. The number of rotatable bonds is 3. The third-order valence-corrected chi connectivity index (χ3v) is 5.05. The Bertz CT molecular complexity index is 747. The first kappa shape index (κ1) is 14.6. The van der Waals surface area contributed by atoms with Gasteiger partial charge in [-0.05, 0) is 12.1 Å². The lowest BCUT2D eigenvalue weighted by atomic mass is 10.2. The summed E-state index contributed by atoms with van der Waals surface area (Å²) in [7, 11) is 0. The summed E-state index contributed by atoms with van der Waals surface area (Å²) in [6, 6.07) is 7.84. The second-order valence-electron chi connectivity index (χ2n) is 5.61. The van der Waals surface area contributed by atoms with Gasteiger partial charge in [0.15, 0.2) is 0 Å². The van der Waals surface area contributed by atoms with Crippen molar-refractivity contribution in [1.29, 1.82) is 5.41 Å². The third kappa shape index (κ3) is 2.71. The second-order valence-corrected chi connectivity index (χ2v) is 6.64. The maximum Gasteiger partial charge on any atom is 0.135 e. The molecule has 23 heavy (non-hydrogen) atoms. The molecular formula is C16H17N3O3S. The maximum absolute atomic E-state index is 10.3. The fourth-order valence-electron chi connectivity index (χ4n) is 2.88. The Morgan fingerprint density at radius 3 is 3.00 bits per heavy atom. The monoisotopic (exact) mass is 331 g/mol. The summed E-state index contributed by atoms with van der Waals surface area (Å²) in [5, 5.41) is 19.4. The number of para-hydroxylation sites is 1. The summed E-state index contributed by atoms with van der Waals surface area (Å²) in [5.74, 6) is 0.501. The van der Waals surface area contributed by atoms with Gasteiger partial charge in [0.25, 0.3) is 0 Å². The second kappa shape index (κ2) is 5.92. The van der Waals surface area contributed by atoms with Gasteiger partial charge < -0.3 is 19.5 Å². The van der Waals surface area contributed by atoms with Crippen LogP contribution in [-0.4, -0.2) is 59.8 Å². The Balaban J connectivity index is 1.56. The zero-order chi connectivity index (χ0) is 15.8. The lowest BCUT2D eigenvalue weighted by Crippen LogP contribution is -2.41. The van der Waals surface area contributed by atoms with Crippen molar-refractivity contribution in [2.24, 2.45) is 0 Å². The van der Waals surface area contributed by atoms with E-state index in [0.29, 0.717) is 49.3 Å². The van der Waals surface area contributed by atoms with Crippen LogP contribution in [0.15, 0.2) is 30.0 Å². The molecule has 2 N–H and O–H groups in total. The number of aromatic nitrogens is 1. The average molecular weight is 331 g/mol. The molecule has 1 aromatic carbocycles. The van der Waals surface area contributed by atoms with Crippen LogP contribution in [0.4, 0.5) is 0 Å². The van der Waals surface area contributed by atoms with Crippen molar-refractivity contribution in [1.82, 2.24) is 9.88 Å². The first-order chi connectivity index (χ1) is 11.2. The predicted octanol–water partition coefficient (Wildman–Crippen LogP) is 2.27.